The minimum atomic E-state index is -5.03. The van der Waals surface area contributed by atoms with Gasteiger partial charge in [-0.1, -0.05) is 176 Å². The Morgan fingerprint density at radius 2 is 0.831 bits per heavy atom. The molecule has 0 aliphatic carbocycles. The van der Waals surface area contributed by atoms with E-state index in [1.807, 2.05) is 178 Å². The molecule has 0 bridgehead atoms. The predicted molar refractivity (Wildman–Crippen MR) is 223 cm³/mol. The summed E-state index contributed by atoms with van der Waals surface area (Å²) >= 11 is 0. The summed E-state index contributed by atoms with van der Waals surface area (Å²) in [7, 11) is -2.69. The third kappa shape index (κ3) is 7.13. The van der Waals surface area contributed by atoms with E-state index in [9.17, 15) is 9.59 Å². The van der Waals surface area contributed by atoms with Crippen LogP contribution in [0.1, 0.15) is 47.3 Å². The Morgan fingerprint density at radius 3 is 1.17 bits per heavy atom. The lowest BCUT2D eigenvalue weighted by Crippen LogP contribution is -2.53. The van der Waals surface area contributed by atoms with Gasteiger partial charge in [0.2, 0.25) is 0 Å². The minimum absolute atomic E-state index is 0.313. The molecule has 6 aromatic rings. The van der Waals surface area contributed by atoms with Gasteiger partial charge in [0.15, 0.2) is 22.9 Å². The fourth-order valence-electron chi connectivity index (χ4n) is 8.61. The average molecular weight is 809 g/mol. The molecular formula is C49H45O9P. The van der Waals surface area contributed by atoms with Crippen molar-refractivity contribution in [3.05, 3.63) is 204 Å². The zero-order valence-corrected chi connectivity index (χ0v) is 34.1. The van der Waals surface area contributed by atoms with Crippen molar-refractivity contribution in [1.82, 2.24) is 0 Å². The van der Waals surface area contributed by atoms with Gasteiger partial charge in [-0.3, -0.25) is 23.2 Å². The van der Waals surface area contributed by atoms with Crippen molar-refractivity contribution in [2.24, 2.45) is 5.92 Å². The second-order valence-corrected chi connectivity index (χ2v) is 17.1. The number of esters is 2. The van der Waals surface area contributed by atoms with Crippen molar-refractivity contribution >= 4 is 19.5 Å². The monoisotopic (exact) mass is 808 g/mol. The van der Waals surface area contributed by atoms with E-state index in [0.717, 1.165) is 11.1 Å². The molecule has 0 N–H and O–H groups in total. The van der Waals surface area contributed by atoms with Crippen molar-refractivity contribution in [3.8, 4) is 11.1 Å². The Kier molecular flexibility index (Phi) is 11.0. The molecule has 6 aromatic carbocycles. The van der Waals surface area contributed by atoms with Gasteiger partial charge >= 0.3 is 19.5 Å². The van der Waals surface area contributed by atoms with Gasteiger partial charge in [-0.15, -0.1) is 0 Å². The first-order chi connectivity index (χ1) is 28.6. The Balaban J connectivity index is 1.51. The van der Waals surface area contributed by atoms with E-state index >= 15 is 4.57 Å². The highest BCUT2D eigenvalue weighted by atomic mass is 31.2. The van der Waals surface area contributed by atoms with E-state index in [2.05, 4.69) is 0 Å². The zero-order chi connectivity index (χ0) is 41.3. The summed E-state index contributed by atoms with van der Waals surface area (Å²) in [6.07, 6.45) is -2.12. The van der Waals surface area contributed by atoms with E-state index in [-0.39, 0.29) is 0 Å². The molecule has 0 aromatic heterocycles. The van der Waals surface area contributed by atoms with Crippen LogP contribution in [0.25, 0.3) is 11.1 Å². The van der Waals surface area contributed by atoms with Gasteiger partial charge in [0, 0.05) is 0 Å². The Hall–Kier alpha value is -5.67. The SMILES string of the molecule is COC(=O)C(C(=O)OC)[C@H](c1ccc(-c2ccccc2)cc1)P1(=O)OC(c2ccccc2)(c2ccccc2)[C@@H]2OC(C)(C)O[C@H]2C(c2ccccc2)(c2ccccc2)O1. The number of methoxy groups -OCH3 is 2. The first-order valence-corrected chi connectivity index (χ1v) is 21.1. The zero-order valence-electron chi connectivity index (χ0n) is 33.2. The van der Waals surface area contributed by atoms with Gasteiger partial charge in [-0.2, -0.15) is 0 Å². The van der Waals surface area contributed by atoms with Crippen LogP contribution in [0.4, 0.5) is 0 Å². The number of carbonyl (C=O) groups excluding carboxylic acids is 2. The summed E-state index contributed by atoms with van der Waals surface area (Å²) < 4.78 is 57.1. The first-order valence-electron chi connectivity index (χ1n) is 19.5. The van der Waals surface area contributed by atoms with Gasteiger partial charge in [0.25, 0.3) is 0 Å². The van der Waals surface area contributed by atoms with E-state index < -0.39 is 60.3 Å². The van der Waals surface area contributed by atoms with Gasteiger partial charge in [0.1, 0.15) is 17.9 Å². The van der Waals surface area contributed by atoms with Gasteiger partial charge in [0.05, 0.1) is 14.2 Å². The quantitative estimate of drug-likeness (QED) is 0.0760. The number of benzene rings is 6. The summed E-state index contributed by atoms with van der Waals surface area (Å²) in [6.45, 7) is 3.65. The van der Waals surface area contributed by atoms with Crippen LogP contribution in [0.5, 0.6) is 0 Å². The molecular weight excluding hydrogens is 764 g/mol. The van der Waals surface area contributed by atoms with E-state index in [1.54, 1.807) is 12.1 Å². The van der Waals surface area contributed by atoms with Gasteiger partial charge < -0.3 is 18.9 Å². The van der Waals surface area contributed by atoms with E-state index in [4.69, 9.17) is 28.0 Å². The molecule has 0 saturated carbocycles. The molecule has 0 radical (unpaired) electrons. The third-order valence-corrected chi connectivity index (χ3v) is 13.5. The van der Waals surface area contributed by atoms with Crippen molar-refractivity contribution in [3.63, 3.8) is 0 Å². The first kappa shape index (κ1) is 40.1. The second-order valence-electron chi connectivity index (χ2n) is 15.1. The molecule has 2 aliphatic heterocycles. The lowest BCUT2D eigenvalue weighted by molar-refractivity contribution is -0.176. The number of ether oxygens (including phenoxy) is 4. The van der Waals surface area contributed by atoms with Gasteiger partial charge in [-0.25, -0.2) is 0 Å². The number of carbonyl (C=O) groups is 2. The molecule has 9 nitrogen and oxygen atoms in total. The number of rotatable bonds is 10. The van der Waals surface area contributed by atoms with Crippen LogP contribution in [-0.2, 0) is 53.4 Å². The Labute approximate surface area is 344 Å². The fourth-order valence-corrected chi connectivity index (χ4v) is 11.4. The molecule has 59 heavy (non-hydrogen) atoms. The average Bonchev–Trinajstić information content (AvgIpc) is 3.58. The molecule has 10 heteroatoms. The summed E-state index contributed by atoms with van der Waals surface area (Å²) in [5.41, 5.74) is -0.712. The smallest absolute Gasteiger partial charge is 0.342 e. The molecule has 0 spiro atoms. The lowest BCUT2D eigenvalue weighted by Gasteiger charge is -2.42. The predicted octanol–water partition coefficient (Wildman–Crippen LogP) is 10.0. The number of hydrogen-bond acceptors (Lipinski definition) is 9. The van der Waals surface area contributed by atoms with Crippen molar-refractivity contribution < 1.29 is 42.1 Å². The normalized spacial score (nSPS) is 20.4. The summed E-state index contributed by atoms with van der Waals surface area (Å²) in [5.74, 6) is -4.99. The van der Waals surface area contributed by atoms with Crippen LogP contribution in [0.3, 0.4) is 0 Å². The molecule has 2 saturated heterocycles. The van der Waals surface area contributed by atoms with E-state index in [1.165, 1.54) is 14.2 Å². The summed E-state index contributed by atoms with van der Waals surface area (Å²) in [4.78, 5) is 28.3. The molecule has 2 heterocycles. The highest BCUT2D eigenvalue weighted by Crippen LogP contribution is 2.75. The maximum absolute atomic E-state index is 17.3. The largest absolute Gasteiger partial charge is 0.468 e. The van der Waals surface area contributed by atoms with Crippen LogP contribution < -0.4 is 0 Å². The molecule has 2 aliphatic rings. The number of fused-ring (bicyclic) bond motifs is 1. The van der Waals surface area contributed by atoms with Crippen LogP contribution in [0.15, 0.2) is 176 Å². The van der Waals surface area contributed by atoms with Crippen molar-refractivity contribution in [2.45, 2.75) is 48.7 Å². The van der Waals surface area contributed by atoms with Gasteiger partial charge in [-0.05, 0) is 52.8 Å². The van der Waals surface area contributed by atoms with E-state index in [0.29, 0.717) is 27.8 Å². The van der Waals surface area contributed by atoms with Crippen LogP contribution >= 0.6 is 7.60 Å². The standard InChI is InChI=1S/C49H45O9P/c1-47(2)55-43-44(56-47)49(39-26-16-8-17-27-39,40-28-18-9-19-29-40)58-59(52,57-48(43,37-22-12-6-13-23-37)38-24-14-7-15-25-38)42(41(45(50)53-3)46(51)54-4)36-32-30-35(31-33-36)34-20-10-5-11-21-34/h5-33,41-44H,1-4H3/t42-,43+,44+/m0/s1. The summed E-state index contributed by atoms with van der Waals surface area (Å²) in [6, 6.07) is 54.4. The third-order valence-electron chi connectivity index (χ3n) is 11.2. The molecule has 0 unspecified atom stereocenters. The second kappa shape index (κ2) is 16.2. The van der Waals surface area contributed by atoms with Crippen LogP contribution in [-0.4, -0.2) is 44.2 Å². The highest BCUT2D eigenvalue weighted by molar-refractivity contribution is 7.54. The maximum atomic E-state index is 17.3. The minimum Gasteiger partial charge on any atom is -0.468 e. The fraction of sp³-hybridized carbons (Fsp3) is 0.224. The Morgan fingerprint density at radius 1 is 0.508 bits per heavy atom. The lowest BCUT2D eigenvalue weighted by atomic mass is 9.72. The maximum Gasteiger partial charge on any atom is 0.342 e. The highest BCUT2D eigenvalue weighted by Gasteiger charge is 2.71. The molecule has 8 rings (SSSR count). The molecule has 2 fully saturated rings. The molecule has 300 valence electrons. The topological polar surface area (TPSA) is 107 Å². The number of hydrogen-bond donors (Lipinski definition) is 0. The summed E-state index contributed by atoms with van der Waals surface area (Å²) in [5, 5.41) is 0. The Bertz CT molecular complexity index is 2220. The van der Waals surface area contributed by atoms with Crippen LogP contribution in [0, 0.1) is 5.92 Å². The molecule has 0 amide bonds. The van der Waals surface area contributed by atoms with Crippen molar-refractivity contribution in [1.29, 1.82) is 0 Å². The molecule has 3 atom stereocenters. The van der Waals surface area contributed by atoms with Crippen molar-refractivity contribution in [2.75, 3.05) is 14.2 Å². The van der Waals surface area contributed by atoms with Crippen LogP contribution in [0.2, 0.25) is 0 Å².